The summed E-state index contributed by atoms with van der Waals surface area (Å²) < 4.78 is 0. The zero-order valence-electron chi connectivity index (χ0n) is 9.87. The van der Waals surface area contributed by atoms with Gasteiger partial charge in [-0.25, -0.2) is 0 Å². The van der Waals surface area contributed by atoms with Gasteiger partial charge in [-0.15, -0.1) is 0 Å². The van der Waals surface area contributed by atoms with Crippen molar-refractivity contribution in [3.8, 4) is 0 Å². The summed E-state index contributed by atoms with van der Waals surface area (Å²) in [6, 6.07) is 0. The average Bonchev–Trinajstić information content (AvgIpc) is 2.29. The highest BCUT2D eigenvalue weighted by Crippen LogP contribution is 2.16. The summed E-state index contributed by atoms with van der Waals surface area (Å²) in [6.45, 7) is 2.12. The molecule has 1 aliphatic heterocycles. The van der Waals surface area contributed by atoms with Crippen molar-refractivity contribution in [2.24, 2.45) is 11.7 Å². The van der Waals surface area contributed by atoms with Gasteiger partial charge in [-0.3, -0.25) is 9.59 Å². The molecule has 0 aliphatic carbocycles. The highest BCUT2D eigenvalue weighted by Gasteiger charge is 2.26. The molecule has 0 bridgehead atoms. The van der Waals surface area contributed by atoms with Crippen molar-refractivity contribution in [1.82, 2.24) is 10.2 Å². The molecule has 5 heteroatoms. The normalized spacial score (nSPS) is 20.8. The molecule has 1 aliphatic rings. The molecule has 1 rings (SSSR count). The Morgan fingerprint density at radius 2 is 2.25 bits per heavy atom. The largest absolute Gasteiger partial charge is 0.369 e. The molecule has 1 saturated heterocycles. The molecule has 5 nitrogen and oxygen atoms in total. The summed E-state index contributed by atoms with van der Waals surface area (Å²) in [5, 5.41) is 3.01. The van der Waals surface area contributed by atoms with Crippen molar-refractivity contribution in [2.75, 3.05) is 26.7 Å². The van der Waals surface area contributed by atoms with Crippen molar-refractivity contribution >= 4 is 11.8 Å². The van der Waals surface area contributed by atoms with Gasteiger partial charge in [0.1, 0.15) is 0 Å². The molecule has 0 saturated carbocycles. The first-order valence-corrected chi connectivity index (χ1v) is 5.87. The van der Waals surface area contributed by atoms with Gasteiger partial charge in [-0.05, 0) is 32.9 Å². The van der Waals surface area contributed by atoms with Gasteiger partial charge in [0, 0.05) is 19.5 Å². The molecule has 1 heterocycles. The molecular formula is C11H21N3O2. The second-order valence-electron chi connectivity index (χ2n) is 4.29. The maximum Gasteiger partial charge on any atom is 0.222 e. The van der Waals surface area contributed by atoms with Crippen molar-refractivity contribution in [1.29, 1.82) is 0 Å². The molecular weight excluding hydrogens is 206 g/mol. The lowest BCUT2D eigenvalue weighted by Gasteiger charge is -2.31. The lowest BCUT2D eigenvalue weighted by atomic mass is 9.97. The Hall–Kier alpha value is -1.10. The van der Waals surface area contributed by atoms with Gasteiger partial charge in [0.15, 0.2) is 0 Å². The zero-order chi connectivity index (χ0) is 12.0. The smallest absolute Gasteiger partial charge is 0.222 e. The first kappa shape index (κ1) is 13.0. The number of piperidine rings is 1. The van der Waals surface area contributed by atoms with Crippen molar-refractivity contribution in [3.05, 3.63) is 0 Å². The summed E-state index contributed by atoms with van der Waals surface area (Å²) in [6.07, 6.45) is 3.08. The number of carbonyl (C=O) groups excluding carboxylic acids is 2. The summed E-state index contributed by atoms with van der Waals surface area (Å²) in [4.78, 5) is 24.6. The van der Waals surface area contributed by atoms with E-state index in [1.54, 1.807) is 4.90 Å². The van der Waals surface area contributed by atoms with E-state index in [2.05, 4.69) is 5.32 Å². The standard InChI is InChI=1S/C11H21N3O2/c1-13-6-2-5-10(15)14-7-3-4-9(8-14)11(12)16/h9,13H,2-8H2,1H3,(H2,12,16). The van der Waals surface area contributed by atoms with Crippen LogP contribution < -0.4 is 11.1 Å². The molecule has 2 amide bonds. The number of amides is 2. The van der Waals surface area contributed by atoms with Crippen LogP contribution in [0.3, 0.4) is 0 Å². The molecule has 0 radical (unpaired) electrons. The second kappa shape index (κ2) is 6.48. The number of nitrogens with zero attached hydrogens (tertiary/aromatic N) is 1. The van der Waals surface area contributed by atoms with E-state index in [0.29, 0.717) is 13.0 Å². The predicted octanol–water partition coefficient (Wildman–Crippen LogP) is -0.290. The number of primary amides is 1. The van der Waals surface area contributed by atoms with E-state index in [0.717, 1.165) is 32.4 Å². The molecule has 3 N–H and O–H groups in total. The fourth-order valence-electron chi connectivity index (χ4n) is 2.01. The van der Waals surface area contributed by atoms with Gasteiger partial charge < -0.3 is 16.0 Å². The minimum atomic E-state index is -0.285. The summed E-state index contributed by atoms with van der Waals surface area (Å²) >= 11 is 0. The number of hydrogen-bond donors (Lipinski definition) is 2. The SMILES string of the molecule is CNCCCC(=O)N1CCCC(C(N)=O)C1. The first-order valence-electron chi connectivity index (χ1n) is 5.87. The Balaban J connectivity index is 2.35. The van der Waals surface area contributed by atoms with Gasteiger partial charge in [0.2, 0.25) is 11.8 Å². The van der Waals surface area contributed by atoms with Gasteiger partial charge in [-0.2, -0.15) is 0 Å². The molecule has 1 unspecified atom stereocenters. The van der Waals surface area contributed by atoms with Crippen molar-refractivity contribution < 1.29 is 9.59 Å². The van der Waals surface area contributed by atoms with Crippen LogP contribution in [0.1, 0.15) is 25.7 Å². The van der Waals surface area contributed by atoms with E-state index in [-0.39, 0.29) is 17.7 Å². The predicted molar refractivity (Wildman–Crippen MR) is 61.7 cm³/mol. The van der Waals surface area contributed by atoms with E-state index in [1.165, 1.54) is 0 Å². The van der Waals surface area contributed by atoms with Gasteiger partial charge >= 0.3 is 0 Å². The fraction of sp³-hybridized carbons (Fsp3) is 0.818. The minimum Gasteiger partial charge on any atom is -0.369 e. The number of nitrogens with two attached hydrogens (primary N) is 1. The van der Waals surface area contributed by atoms with Crippen LogP contribution in [0.15, 0.2) is 0 Å². The number of likely N-dealkylation sites (tertiary alicyclic amines) is 1. The number of rotatable bonds is 5. The molecule has 1 fully saturated rings. The third kappa shape index (κ3) is 3.81. The van der Waals surface area contributed by atoms with E-state index in [9.17, 15) is 9.59 Å². The Kier molecular flexibility index (Phi) is 5.25. The van der Waals surface area contributed by atoms with Crippen LogP contribution >= 0.6 is 0 Å². The monoisotopic (exact) mass is 227 g/mol. The Bertz CT molecular complexity index is 256. The first-order chi connectivity index (χ1) is 7.65. The van der Waals surface area contributed by atoms with Crippen LogP contribution in [0.25, 0.3) is 0 Å². The molecule has 0 aromatic carbocycles. The number of hydrogen-bond acceptors (Lipinski definition) is 3. The lowest BCUT2D eigenvalue weighted by Crippen LogP contribution is -2.44. The van der Waals surface area contributed by atoms with Crippen LogP contribution in [0.4, 0.5) is 0 Å². The number of carbonyl (C=O) groups is 2. The van der Waals surface area contributed by atoms with Crippen molar-refractivity contribution in [3.63, 3.8) is 0 Å². The minimum absolute atomic E-state index is 0.140. The third-order valence-electron chi connectivity index (χ3n) is 2.99. The average molecular weight is 227 g/mol. The maximum atomic E-state index is 11.8. The van der Waals surface area contributed by atoms with E-state index in [4.69, 9.17) is 5.73 Å². The van der Waals surface area contributed by atoms with Crippen LogP contribution in [-0.4, -0.2) is 43.4 Å². The molecule has 0 spiro atoms. The Labute approximate surface area is 96.4 Å². The third-order valence-corrected chi connectivity index (χ3v) is 2.99. The van der Waals surface area contributed by atoms with Gasteiger partial charge in [0.25, 0.3) is 0 Å². The number of nitrogens with one attached hydrogen (secondary N) is 1. The summed E-state index contributed by atoms with van der Waals surface area (Å²) in [5.41, 5.74) is 5.26. The zero-order valence-corrected chi connectivity index (χ0v) is 9.87. The second-order valence-corrected chi connectivity index (χ2v) is 4.29. The summed E-state index contributed by atoms with van der Waals surface area (Å²) in [5.74, 6) is -0.295. The molecule has 1 atom stereocenters. The Morgan fingerprint density at radius 3 is 2.88 bits per heavy atom. The lowest BCUT2D eigenvalue weighted by molar-refractivity contribution is -0.135. The van der Waals surface area contributed by atoms with Crippen molar-refractivity contribution in [2.45, 2.75) is 25.7 Å². The molecule has 16 heavy (non-hydrogen) atoms. The van der Waals surface area contributed by atoms with Crippen LogP contribution in [0.5, 0.6) is 0 Å². The quantitative estimate of drug-likeness (QED) is 0.634. The molecule has 0 aromatic rings. The van der Waals surface area contributed by atoms with Gasteiger partial charge in [0.05, 0.1) is 5.92 Å². The highest BCUT2D eigenvalue weighted by molar-refractivity contribution is 5.80. The van der Waals surface area contributed by atoms with Crippen LogP contribution in [0.2, 0.25) is 0 Å². The van der Waals surface area contributed by atoms with Crippen LogP contribution in [0, 0.1) is 5.92 Å². The van der Waals surface area contributed by atoms with E-state index < -0.39 is 0 Å². The Morgan fingerprint density at radius 1 is 1.50 bits per heavy atom. The van der Waals surface area contributed by atoms with Gasteiger partial charge in [-0.1, -0.05) is 0 Å². The van der Waals surface area contributed by atoms with E-state index in [1.807, 2.05) is 7.05 Å². The summed E-state index contributed by atoms with van der Waals surface area (Å²) in [7, 11) is 1.87. The maximum absolute atomic E-state index is 11.8. The van der Waals surface area contributed by atoms with Crippen LogP contribution in [-0.2, 0) is 9.59 Å². The topological polar surface area (TPSA) is 75.4 Å². The van der Waals surface area contributed by atoms with E-state index >= 15 is 0 Å². The molecule has 92 valence electrons. The molecule has 0 aromatic heterocycles. The highest BCUT2D eigenvalue weighted by atomic mass is 16.2. The fourth-order valence-corrected chi connectivity index (χ4v) is 2.01.